The van der Waals surface area contributed by atoms with E-state index in [1.165, 1.54) is 23.8 Å². The highest BCUT2D eigenvalue weighted by Crippen LogP contribution is 2.29. The third-order valence-electron chi connectivity index (χ3n) is 7.35. The molecule has 0 aromatic rings. The van der Waals surface area contributed by atoms with Gasteiger partial charge in [-0.2, -0.15) is 13.2 Å². The Labute approximate surface area is 303 Å². The van der Waals surface area contributed by atoms with Crippen molar-refractivity contribution in [1.29, 1.82) is 0 Å². The molecule has 1 aliphatic carbocycles. The van der Waals surface area contributed by atoms with Crippen LogP contribution in [0.5, 0.6) is 0 Å². The minimum absolute atomic E-state index is 0.125. The summed E-state index contributed by atoms with van der Waals surface area (Å²) >= 11 is 0. The van der Waals surface area contributed by atoms with Gasteiger partial charge in [-0.3, -0.25) is 24.0 Å². The van der Waals surface area contributed by atoms with Crippen molar-refractivity contribution >= 4 is 35.4 Å². The van der Waals surface area contributed by atoms with E-state index in [0.29, 0.717) is 31.8 Å². The fourth-order valence-corrected chi connectivity index (χ4v) is 4.41. The van der Waals surface area contributed by atoms with Crippen LogP contribution in [0.25, 0.3) is 0 Å². The van der Waals surface area contributed by atoms with Crippen LogP contribution >= 0.6 is 0 Å². The minimum Gasteiger partial charge on any atom is -0.346 e. The molecule has 51 heavy (non-hydrogen) atoms. The standard InChI is InChI=1S/C27H44N6O6.C3H5F3.2C3H8/c1-7-13-28-24(37)21(35)18(8-2)30-23(36)19-10-9-14-33(19)25(38)22(27(3,4)5)31-26(39)29-15-20(34)32(6)16-17-11-12-17;1-2-3(4,5)6;2*1-3-2/h7,17-19,22H,1,8-16H2,2-6H3,(H,28,37)(H,30,36)(H2,29,31,39);2H2,1H3;2*3H2,1-2H3. The number of rotatable bonds is 13. The third kappa shape index (κ3) is 21.3. The van der Waals surface area contributed by atoms with Crippen molar-refractivity contribution in [2.75, 3.05) is 33.2 Å². The Kier molecular flexibility index (Phi) is 24.6. The molecule has 15 heteroatoms. The third-order valence-corrected chi connectivity index (χ3v) is 7.35. The molecule has 1 aliphatic heterocycles. The molecule has 2 rings (SSSR count). The van der Waals surface area contributed by atoms with E-state index in [-0.39, 0.29) is 25.4 Å². The summed E-state index contributed by atoms with van der Waals surface area (Å²) in [5.74, 6) is -2.24. The van der Waals surface area contributed by atoms with Crippen molar-refractivity contribution in [2.45, 2.75) is 138 Å². The number of halogens is 3. The number of urea groups is 1. The number of likely N-dealkylation sites (N-methyl/N-ethyl adjacent to an activating group) is 1. The number of likely N-dealkylation sites (tertiary alicyclic amines) is 1. The Morgan fingerprint density at radius 3 is 1.86 bits per heavy atom. The Hall–Kier alpha value is -3.65. The second-order valence-corrected chi connectivity index (χ2v) is 13.7. The molecule has 296 valence electrons. The van der Waals surface area contributed by atoms with E-state index in [0.717, 1.165) is 19.8 Å². The molecular weight excluding hydrogens is 669 g/mol. The van der Waals surface area contributed by atoms with Crippen LogP contribution < -0.4 is 21.3 Å². The van der Waals surface area contributed by atoms with Gasteiger partial charge in [-0.15, -0.1) is 6.58 Å². The van der Waals surface area contributed by atoms with E-state index in [4.69, 9.17) is 0 Å². The molecule has 2 aliphatic rings. The molecule has 1 saturated heterocycles. The topological polar surface area (TPSA) is 157 Å². The van der Waals surface area contributed by atoms with Gasteiger partial charge >= 0.3 is 12.2 Å². The van der Waals surface area contributed by atoms with Crippen LogP contribution in [0.2, 0.25) is 0 Å². The molecule has 3 unspecified atom stereocenters. The van der Waals surface area contributed by atoms with Crippen LogP contribution in [0.1, 0.15) is 114 Å². The van der Waals surface area contributed by atoms with E-state index in [1.807, 2.05) is 0 Å². The summed E-state index contributed by atoms with van der Waals surface area (Å²) in [6, 6.07) is -3.50. The normalized spacial score (nSPS) is 16.2. The zero-order chi connectivity index (χ0) is 39.9. The van der Waals surface area contributed by atoms with Gasteiger partial charge in [-0.1, -0.05) is 81.2 Å². The summed E-state index contributed by atoms with van der Waals surface area (Å²) < 4.78 is 32.4. The summed E-state index contributed by atoms with van der Waals surface area (Å²) in [7, 11) is 1.70. The molecule has 2 fully saturated rings. The zero-order valence-electron chi connectivity index (χ0n) is 32.6. The van der Waals surface area contributed by atoms with Gasteiger partial charge in [0.25, 0.3) is 5.91 Å². The zero-order valence-corrected chi connectivity index (χ0v) is 32.6. The minimum atomic E-state index is -3.96. The number of carbonyl (C=O) groups excluding carboxylic acids is 6. The molecule has 3 atom stereocenters. The molecule has 1 heterocycles. The summed E-state index contributed by atoms with van der Waals surface area (Å²) in [5, 5.41) is 10.3. The largest absolute Gasteiger partial charge is 0.388 e. The van der Waals surface area contributed by atoms with Crippen molar-refractivity contribution in [3.05, 3.63) is 12.7 Å². The molecule has 4 N–H and O–H groups in total. The summed E-state index contributed by atoms with van der Waals surface area (Å²) in [6.45, 7) is 21.0. The molecular formula is C36H65F3N6O6. The molecule has 0 aromatic carbocycles. The first-order valence-electron chi connectivity index (χ1n) is 18.1. The van der Waals surface area contributed by atoms with E-state index in [1.54, 1.807) is 39.6 Å². The SMILES string of the molecule is C=CCNC(=O)C(=O)C(CC)NC(=O)C1CCCN1C(=O)C(NC(=O)NCC(=O)N(C)CC1CC1)C(C)(C)C.CCC.CCC.CCC(F)(F)F. The number of amides is 6. The molecule has 6 amide bonds. The molecule has 0 bridgehead atoms. The highest BCUT2D eigenvalue weighted by molar-refractivity contribution is 6.38. The van der Waals surface area contributed by atoms with E-state index < -0.39 is 65.7 Å². The quantitative estimate of drug-likeness (QED) is 0.152. The van der Waals surface area contributed by atoms with Gasteiger partial charge in [0, 0.05) is 33.1 Å². The number of nitrogens with zero attached hydrogens (tertiary/aromatic N) is 2. The maximum atomic E-state index is 13.6. The van der Waals surface area contributed by atoms with Crippen molar-refractivity contribution in [1.82, 2.24) is 31.1 Å². The van der Waals surface area contributed by atoms with Crippen molar-refractivity contribution < 1.29 is 41.9 Å². The van der Waals surface area contributed by atoms with Crippen molar-refractivity contribution in [3.63, 3.8) is 0 Å². The highest BCUT2D eigenvalue weighted by Gasteiger charge is 2.42. The lowest BCUT2D eigenvalue weighted by Crippen LogP contribution is -2.60. The predicted octanol–water partition coefficient (Wildman–Crippen LogP) is 5.12. The summed E-state index contributed by atoms with van der Waals surface area (Å²) in [6.07, 6.45) is 2.63. The number of ketones is 1. The first-order valence-corrected chi connectivity index (χ1v) is 18.1. The Morgan fingerprint density at radius 1 is 0.902 bits per heavy atom. The fourth-order valence-electron chi connectivity index (χ4n) is 4.41. The lowest BCUT2D eigenvalue weighted by atomic mass is 9.85. The van der Waals surface area contributed by atoms with Gasteiger partial charge in [-0.05, 0) is 43.4 Å². The van der Waals surface area contributed by atoms with Gasteiger partial charge in [0.2, 0.25) is 23.5 Å². The lowest BCUT2D eigenvalue weighted by molar-refractivity contribution is -0.143. The lowest BCUT2D eigenvalue weighted by Gasteiger charge is -2.35. The van der Waals surface area contributed by atoms with E-state index >= 15 is 0 Å². The van der Waals surface area contributed by atoms with Crippen molar-refractivity contribution in [2.24, 2.45) is 11.3 Å². The van der Waals surface area contributed by atoms with Crippen LogP contribution in [0, 0.1) is 11.3 Å². The Balaban J connectivity index is 0. The van der Waals surface area contributed by atoms with E-state index in [2.05, 4.69) is 55.5 Å². The predicted molar refractivity (Wildman–Crippen MR) is 194 cm³/mol. The molecule has 0 spiro atoms. The second-order valence-electron chi connectivity index (χ2n) is 13.7. The van der Waals surface area contributed by atoms with Crippen molar-refractivity contribution in [3.8, 4) is 0 Å². The number of nitrogens with one attached hydrogen (secondary N) is 4. The number of alkyl halides is 3. The first kappa shape index (κ1) is 49.5. The summed E-state index contributed by atoms with van der Waals surface area (Å²) in [5.41, 5.74) is -0.698. The maximum Gasteiger partial charge on any atom is 0.388 e. The Morgan fingerprint density at radius 2 is 1.43 bits per heavy atom. The fraction of sp³-hybridized carbons (Fsp3) is 0.778. The number of hydrogen-bond acceptors (Lipinski definition) is 6. The molecule has 12 nitrogen and oxygen atoms in total. The van der Waals surface area contributed by atoms with Gasteiger partial charge in [0.15, 0.2) is 0 Å². The maximum absolute atomic E-state index is 13.6. The molecule has 0 aromatic heterocycles. The monoisotopic (exact) mass is 734 g/mol. The first-order chi connectivity index (χ1) is 23.7. The average Bonchev–Trinajstić information content (AvgIpc) is 3.73. The molecule has 0 radical (unpaired) electrons. The van der Waals surface area contributed by atoms with Gasteiger partial charge < -0.3 is 31.1 Å². The van der Waals surface area contributed by atoms with Crippen LogP contribution in [-0.4, -0.2) is 103 Å². The van der Waals surface area contributed by atoms with Gasteiger partial charge in [-0.25, -0.2) is 4.79 Å². The smallest absolute Gasteiger partial charge is 0.346 e. The Bertz CT molecular complexity index is 1110. The number of Topliss-reactive ketones (excluding diaryl/α,β-unsaturated/α-hetero) is 1. The highest BCUT2D eigenvalue weighted by atomic mass is 19.4. The summed E-state index contributed by atoms with van der Waals surface area (Å²) in [4.78, 5) is 79.3. The van der Waals surface area contributed by atoms with Crippen LogP contribution in [0.3, 0.4) is 0 Å². The average molecular weight is 735 g/mol. The van der Waals surface area contributed by atoms with Gasteiger partial charge in [0.1, 0.15) is 12.1 Å². The second kappa shape index (κ2) is 25.3. The van der Waals surface area contributed by atoms with Gasteiger partial charge in [0.05, 0.1) is 12.6 Å². The van der Waals surface area contributed by atoms with Crippen LogP contribution in [0.4, 0.5) is 18.0 Å². The number of hydrogen-bond donors (Lipinski definition) is 4. The van der Waals surface area contributed by atoms with Crippen LogP contribution in [0.15, 0.2) is 12.7 Å². The number of carbonyl (C=O) groups is 6. The molecule has 1 saturated carbocycles. The van der Waals surface area contributed by atoms with E-state index in [9.17, 15) is 41.9 Å². The van der Waals surface area contributed by atoms with Crippen LogP contribution in [-0.2, 0) is 24.0 Å².